The molecule has 3 aromatic rings. The van der Waals surface area contributed by atoms with Crippen LogP contribution in [-0.2, 0) is 0 Å². The Morgan fingerprint density at radius 2 is 1.86 bits per heavy atom. The van der Waals surface area contributed by atoms with Crippen LogP contribution in [0.15, 0.2) is 67.0 Å². The summed E-state index contributed by atoms with van der Waals surface area (Å²) in [6.45, 7) is 4.38. The van der Waals surface area contributed by atoms with Crippen molar-refractivity contribution in [1.82, 2.24) is 14.9 Å². The van der Waals surface area contributed by atoms with E-state index < -0.39 is 0 Å². The zero-order chi connectivity index (χ0) is 19.7. The minimum atomic E-state index is -0.0387. The van der Waals surface area contributed by atoms with Gasteiger partial charge < -0.3 is 19.5 Å². The van der Waals surface area contributed by atoms with Gasteiger partial charge in [0, 0.05) is 29.8 Å². The van der Waals surface area contributed by atoms with Gasteiger partial charge in [0.15, 0.2) is 5.11 Å². The van der Waals surface area contributed by atoms with Crippen molar-refractivity contribution in [3.8, 4) is 5.75 Å². The number of nitrogens with one attached hydrogen (secondary N) is 1. The first kappa shape index (κ1) is 18.5. The van der Waals surface area contributed by atoms with Crippen molar-refractivity contribution in [2.75, 3.05) is 12.0 Å². The molecule has 0 amide bonds. The van der Waals surface area contributed by atoms with E-state index in [1.807, 2.05) is 48.7 Å². The van der Waals surface area contributed by atoms with E-state index in [9.17, 15) is 0 Å². The molecule has 2 aromatic heterocycles. The number of pyridine rings is 1. The van der Waals surface area contributed by atoms with Crippen LogP contribution >= 0.6 is 12.2 Å². The molecule has 1 aromatic carbocycles. The monoisotopic (exact) mass is 392 g/mol. The van der Waals surface area contributed by atoms with Crippen LogP contribution in [0.3, 0.4) is 0 Å². The molecule has 2 atom stereocenters. The third kappa shape index (κ3) is 3.24. The van der Waals surface area contributed by atoms with Crippen molar-refractivity contribution in [1.29, 1.82) is 0 Å². The lowest BCUT2D eigenvalue weighted by molar-refractivity contribution is 0.415. The fraction of sp³-hybridized carbons (Fsp3) is 0.273. The van der Waals surface area contributed by atoms with Gasteiger partial charge >= 0.3 is 0 Å². The predicted molar refractivity (Wildman–Crippen MR) is 116 cm³/mol. The maximum Gasteiger partial charge on any atom is 0.174 e. The number of benzene rings is 1. The molecule has 0 unspecified atom stereocenters. The van der Waals surface area contributed by atoms with Gasteiger partial charge in [-0.15, -0.1) is 0 Å². The largest absolute Gasteiger partial charge is 0.497 e. The quantitative estimate of drug-likeness (QED) is 0.640. The highest BCUT2D eigenvalue weighted by molar-refractivity contribution is 7.80. The molecule has 3 heterocycles. The molecule has 1 aliphatic rings. The molecule has 144 valence electrons. The molecule has 4 rings (SSSR count). The molecular formula is C22H24N4OS. The summed E-state index contributed by atoms with van der Waals surface area (Å²) in [5, 5.41) is 4.20. The molecule has 1 aliphatic heterocycles. The molecule has 0 radical (unpaired) electrons. The Labute approximate surface area is 171 Å². The number of nitrogens with zero attached hydrogens (tertiary/aromatic N) is 3. The summed E-state index contributed by atoms with van der Waals surface area (Å²) in [4.78, 5) is 6.79. The molecule has 28 heavy (non-hydrogen) atoms. The Morgan fingerprint density at radius 1 is 1.07 bits per heavy atom. The van der Waals surface area contributed by atoms with Crippen LogP contribution in [0.5, 0.6) is 5.75 Å². The topological polar surface area (TPSA) is 42.3 Å². The first-order valence-corrected chi connectivity index (χ1v) is 9.82. The van der Waals surface area contributed by atoms with Gasteiger partial charge in [0.2, 0.25) is 0 Å². The molecule has 0 aliphatic carbocycles. The molecule has 1 N–H and O–H groups in total. The number of rotatable bonds is 5. The van der Waals surface area contributed by atoms with Crippen LogP contribution in [0.25, 0.3) is 0 Å². The van der Waals surface area contributed by atoms with Gasteiger partial charge in [0.25, 0.3) is 0 Å². The standard InChI is InChI=1S/C22H24N4OS/c1-15(2)25-14-6-8-19(25)21-20(18-7-4-5-13-23-18)24-22(28)26(21)16-9-11-17(27-3)12-10-16/h4-15,20-21H,1-3H3,(H,24,28)/t20-,21-/m0/s1. The Balaban J connectivity index is 1.83. The van der Waals surface area contributed by atoms with Crippen LogP contribution in [0.1, 0.15) is 43.4 Å². The van der Waals surface area contributed by atoms with E-state index in [0.29, 0.717) is 11.2 Å². The lowest BCUT2D eigenvalue weighted by Gasteiger charge is -2.30. The lowest BCUT2D eigenvalue weighted by Crippen LogP contribution is -2.30. The third-order valence-electron chi connectivity index (χ3n) is 5.12. The van der Waals surface area contributed by atoms with Crippen molar-refractivity contribution < 1.29 is 4.74 Å². The van der Waals surface area contributed by atoms with Gasteiger partial charge in [-0.1, -0.05) is 6.07 Å². The second-order valence-corrected chi connectivity index (χ2v) is 7.52. The normalized spacial score (nSPS) is 19.1. The Hall–Kier alpha value is -2.86. The van der Waals surface area contributed by atoms with E-state index in [1.54, 1.807) is 7.11 Å². The lowest BCUT2D eigenvalue weighted by atomic mass is 10.0. The summed E-state index contributed by atoms with van der Waals surface area (Å²) < 4.78 is 7.62. The number of hydrogen-bond donors (Lipinski definition) is 1. The Morgan fingerprint density at radius 3 is 2.50 bits per heavy atom. The molecule has 1 saturated heterocycles. The van der Waals surface area contributed by atoms with Crippen LogP contribution in [-0.4, -0.2) is 21.8 Å². The average molecular weight is 393 g/mol. The SMILES string of the molecule is COc1ccc(N2C(=S)N[C@@H](c3ccccn3)[C@@H]2c2cccn2C(C)C)cc1. The van der Waals surface area contributed by atoms with Crippen molar-refractivity contribution in [2.45, 2.75) is 32.0 Å². The fourth-order valence-electron chi connectivity index (χ4n) is 3.80. The van der Waals surface area contributed by atoms with Crippen molar-refractivity contribution in [3.63, 3.8) is 0 Å². The molecular weight excluding hydrogens is 368 g/mol. The summed E-state index contributed by atoms with van der Waals surface area (Å²) in [5.74, 6) is 0.824. The van der Waals surface area contributed by atoms with Crippen LogP contribution < -0.4 is 15.0 Å². The molecule has 6 heteroatoms. The zero-order valence-corrected chi connectivity index (χ0v) is 17.1. The fourth-order valence-corrected chi connectivity index (χ4v) is 4.15. The van der Waals surface area contributed by atoms with E-state index in [-0.39, 0.29) is 12.1 Å². The van der Waals surface area contributed by atoms with Crippen LogP contribution in [0, 0.1) is 0 Å². The minimum Gasteiger partial charge on any atom is -0.497 e. The van der Waals surface area contributed by atoms with Crippen molar-refractivity contribution in [3.05, 3.63) is 78.4 Å². The van der Waals surface area contributed by atoms with E-state index >= 15 is 0 Å². The summed E-state index contributed by atoms with van der Waals surface area (Å²) in [6, 6.07) is 18.6. The van der Waals surface area contributed by atoms with E-state index in [4.69, 9.17) is 17.0 Å². The second kappa shape index (κ2) is 7.64. The maximum absolute atomic E-state index is 5.77. The Kier molecular flexibility index (Phi) is 5.05. The first-order chi connectivity index (χ1) is 13.6. The third-order valence-corrected chi connectivity index (χ3v) is 5.43. The number of hydrogen-bond acceptors (Lipinski definition) is 3. The number of aromatic nitrogens is 2. The van der Waals surface area contributed by atoms with Crippen molar-refractivity contribution >= 4 is 23.0 Å². The van der Waals surface area contributed by atoms with Crippen LogP contribution in [0.2, 0.25) is 0 Å². The summed E-state index contributed by atoms with van der Waals surface area (Å²) in [5.41, 5.74) is 3.20. The first-order valence-electron chi connectivity index (χ1n) is 9.41. The molecule has 0 saturated carbocycles. The zero-order valence-electron chi connectivity index (χ0n) is 16.2. The van der Waals surface area contributed by atoms with Crippen LogP contribution in [0.4, 0.5) is 5.69 Å². The van der Waals surface area contributed by atoms with Crippen molar-refractivity contribution in [2.24, 2.45) is 0 Å². The van der Waals surface area contributed by atoms with Gasteiger partial charge in [0.05, 0.1) is 18.8 Å². The Bertz CT molecular complexity index is 952. The molecule has 0 spiro atoms. The number of methoxy groups -OCH3 is 1. The highest BCUT2D eigenvalue weighted by Gasteiger charge is 2.42. The number of thiocarbonyl (C=S) groups is 1. The van der Waals surface area contributed by atoms with Gasteiger partial charge in [-0.3, -0.25) is 4.98 Å². The molecule has 1 fully saturated rings. The maximum atomic E-state index is 5.77. The summed E-state index contributed by atoms with van der Waals surface area (Å²) in [6.07, 6.45) is 3.96. The van der Waals surface area contributed by atoms with Gasteiger partial charge in [-0.05, 0) is 74.6 Å². The van der Waals surface area contributed by atoms with E-state index in [1.165, 1.54) is 5.69 Å². The highest BCUT2D eigenvalue weighted by Crippen LogP contribution is 2.42. The smallest absolute Gasteiger partial charge is 0.174 e. The average Bonchev–Trinajstić information content (AvgIpc) is 3.33. The highest BCUT2D eigenvalue weighted by atomic mass is 32.1. The van der Waals surface area contributed by atoms with Gasteiger partial charge in [-0.2, -0.15) is 0 Å². The molecule has 0 bridgehead atoms. The van der Waals surface area contributed by atoms with Gasteiger partial charge in [-0.25, -0.2) is 0 Å². The minimum absolute atomic E-state index is 0.00630. The molecule has 5 nitrogen and oxygen atoms in total. The van der Waals surface area contributed by atoms with E-state index in [0.717, 1.165) is 17.1 Å². The summed E-state index contributed by atoms with van der Waals surface area (Å²) in [7, 11) is 1.67. The number of ether oxygens (including phenoxy) is 1. The number of anilines is 1. The summed E-state index contributed by atoms with van der Waals surface area (Å²) >= 11 is 5.77. The van der Waals surface area contributed by atoms with E-state index in [2.05, 4.69) is 51.9 Å². The second-order valence-electron chi connectivity index (χ2n) is 7.13. The predicted octanol–water partition coefficient (Wildman–Crippen LogP) is 4.65. The van der Waals surface area contributed by atoms with Gasteiger partial charge in [0.1, 0.15) is 11.8 Å².